The van der Waals surface area contributed by atoms with Gasteiger partial charge in [-0.15, -0.1) is 0 Å². The van der Waals surface area contributed by atoms with Gasteiger partial charge in [-0.2, -0.15) is 0 Å². The number of aromatic nitrogens is 3. The fraction of sp³-hybridized carbons (Fsp3) is 0.238. The predicted octanol–water partition coefficient (Wildman–Crippen LogP) is 4.14. The first-order valence-corrected chi connectivity index (χ1v) is 8.57. The molecule has 0 amide bonds. The van der Waals surface area contributed by atoms with Crippen LogP contribution in [0.2, 0.25) is 0 Å². The lowest BCUT2D eigenvalue weighted by atomic mass is 9.95. The summed E-state index contributed by atoms with van der Waals surface area (Å²) < 4.78 is 13.3. The minimum Gasteiger partial charge on any atom is -0.493 e. The number of benzene rings is 1. The molecule has 0 saturated carbocycles. The van der Waals surface area contributed by atoms with E-state index >= 15 is 0 Å². The second kappa shape index (κ2) is 6.33. The first kappa shape index (κ1) is 16.4. The van der Waals surface area contributed by atoms with Crippen LogP contribution in [-0.4, -0.2) is 28.8 Å². The highest BCUT2D eigenvalue weighted by molar-refractivity contribution is 5.83. The molecule has 0 spiro atoms. The van der Waals surface area contributed by atoms with Crippen LogP contribution in [0.25, 0.3) is 28.6 Å². The molecule has 3 heterocycles. The zero-order chi connectivity index (χ0) is 18.3. The third-order valence-corrected chi connectivity index (χ3v) is 4.90. The third kappa shape index (κ3) is 2.47. The van der Waals surface area contributed by atoms with E-state index in [9.17, 15) is 0 Å². The summed E-state index contributed by atoms with van der Waals surface area (Å²) in [6.07, 6.45) is 4.53. The monoisotopic (exact) mass is 347 g/mol. The fourth-order valence-corrected chi connectivity index (χ4v) is 3.56. The second-order valence-corrected chi connectivity index (χ2v) is 6.30. The van der Waals surface area contributed by atoms with Crippen LogP contribution in [0.3, 0.4) is 0 Å². The Labute approximate surface area is 152 Å². The molecule has 2 aromatic heterocycles. The van der Waals surface area contributed by atoms with Crippen LogP contribution < -0.4 is 9.47 Å². The Bertz CT molecular complexity index is 987. The van der Waals surface area contributed by atoms with Crippen molar-refractivity contribution in [3.05, 3.63) is 54.1 Å². The van der Waals surface area contributed by atoms with Crippen LogP contribution in [0.1, 0.15) is 17.1 Å². The van der Waals surface area contributed by atoms with Gasteiger partial charge in [-0.1, -0.05) is 6.58 Å². The van der Waals surface area contributed by atoms with Gasteiger partial charge in [0.05, 0.1) is 31.3 Å². The Balaban J connectivity index is 1.93. The lowest BCUT2D eigenvalue weighted by Gasteiger charge is -2.22. The summed E-state index contributed by atoms with van der Waals surface area (Å²) in [4.78, 5) is 9.28. The average Bonchev–Trinajstić information content (AvgIpc) is 3.03. The number of fused-ring (bicyclic) bond motifs is 3. The number of hydrogen-bond acceptors (Lipinski definition) is 4. The van der Waals surface area contributed by atoms with Gasteiger partial charge in [0, 0.05) is 23.9 Å². The van der Waals surface area contributed by atoms with E-state index in [2.05, 4.69) is 28.3 Å². The van der Waals surface area contributed by atoms with Crippen molar-refractivity contribution in [1.29, 1.82) is 0 Å². The van der Waals surface area contributed by atoms with E-state index in [-0.39, 0.29) is 0 Å². The minimum atomic E-state index is 0.727. The number of nitrogens with zero attached hydrogens (tertiary/aromatic N) is 3. The minimum absolute atomic E-state index is 0.727. The van der Waals surface area contributed by atoms with E-state index in [1.165, 1.54) is 5.56 Å². The number of methoxy groups -OCH3 is 2. The normalized spacial score (nSPS) is 12.3. The molecule has 1 aromatic carbocycles. The Morgan fingerprint density at radius 2 is 1.92 bits per heavy atom. The number of rotatable bonds is 4. The van der Waals surface area contributed by atoms with Gasteiger partial charge in [-0.25, -0.2) is 4.98 Å². The summed E-state index contributed by atoms with van der Waals surface area (Å²) >= 11 is 0. The van der Waals surface area contributed by atoms with Crippen LogP contribution in [0.5, 0.6) is 11.5 Å². The summed E-state index contributed by atoms with van der Waals surface area (Å²) in [5, 5.41) is 0. The van der Waals surface area contributed by atoms with Gasteiger partial charge in [0.1, 0.15) is 5.82 Å². The van der Waals surface area contributed by atoms with Crippen LogP contribution in [-0.2, 0) is 13.0 Å². The van der Waals surface area contributed by atoms with Crippen LogP contribution >= 0.6 is 0 Å². The van der Waals surface area contributed by atoms with Crippen molar-refractivity contribution in [2.24, 2.45) is 0 Å². The van der Waals surface area contributed by atoms with E-state index in [0.717, 1.165) is 58.5 Å². The molecule has 4 rings (SSSR count). The van der Waals surface area contributed by atoms with Crippen LogP contribution in [0.4, 0.5) is 0 Å². The summed E-state index contributed by atoms with van der Waals surface area (Å²) in [6, 6.07) is 8.13. The molecule has 0 fully saturated rings. The molecule has 5 heteroatoms. The molecule has 0 unspecified atom stereocenters. The molecule has 1 aliphatic heterocycles. The van der Waals surface area contributed by atoms with Gasteiger partial charge >= 0.3 is 0 Å². The molecule has 0 saturated heterocycles. The van der Waals surface area contributed by atoms with Crippen molar-refractivity contribution in [1.82, 2.24) is 14.5 Å². The number of aryl methyl sites for hydroxylation is 2. The Morgan fingerprint density at radius 3 is 2.58 bits per heavy atom. The number of pyridine rings is 1. The molecule has 0 bridgehead atoms. The predicted molar refractivity (Wildman–Crippen MR) is 103 cm³/mol. The maximum absolute atomic E-state index is 5.52. The molecule has 0 N–H and O–H groups in total. The molecule has 5 nitrogen and oxygen atoms in total. The molecular formula is C21H21N3O2. The second-order valence-electron chi connectivity index (χ2n) is 6.30. The van der Waals surface area contributed by atoms with E-state index < -0.39 is 0 Å². The first-order chi connectivity index (χ1) is 12.7. The van der Waals surface area contributed by atoms with Gasteiger partial charge in [0.15, 0.2) is 11.5 Å². The summed E-state index contributed by atoms with van der Waals surface area (Å²) in [5.41, 5.74) is 6.28. The van der Waals surface area contributed by atoms with E-state index in [1.54, 1.807) is 20.3 Å². The highest BCUT2D eigenvalue weighted by atomic mass is 16.5. The van der Waals surface area contributed by atoms with Gasteiger partial charge < -0.3 is 14.0 Å². The van der Waals surface area contributed by atoms with Crippen molar-refractivity contribution in [3.8, 4) is 34.0 Å². The topological polar surface area (TPSA) is 49.2 Å². The molecule has 26 heavy (non-hydrogen) atoms. The van der Waals surface area contributed by atoms with Crippen molar-refractivity contribution in [2.45, 2.75) is 19.9 Å². The number of hydrogen-bond donors (Lipinski definition) is 0. The Morgan fingerprint density at radius 1 is 1.15 bits per heavy atom. The van der Waals surface area contributed by atoms with Crippen molar-refractivity contribution >= 4 is 6.08 Å². The van der Waals surface area contributed by atoms with Crippen molar-refractivity contribution in [3.63, 3.8) is 0 Å². The van der Waals surface area contributed by atoms with Crippen LogP contribution in [0, 0.1) is 6.92 Å². The van der Waals surface area contributed by atoms with E-state index in [0.29, 0.717) is 0 Å². The van der Waals surface area contributed by atoms with E-state index in [1.807, 2.05) is 25.3 Å². The molecule has 0 atom stereocenters. The highest BCUT2D eigenvalue weighted by Gasteiger charge is 2.26. The Hall–Kier alpha value is -3.08. The first-order valence-electron chi connectivity index (χ1n) is 8.57. The average molecular weight is 347 g/mol. The van der Waals surface area contributed by atoms with E-state index in [4.69, 9.17) is 14.5 Å². The van der Waals surface area contributed by atoms with Gasteiger partial charge in [-0.3, -0.25) is 4.98 Å². The number of ether oxygens (including phenoxy) is 2. The Kier molecular flexibility index (Phi) is 3.99. The largest absolute Gasteiger partial charge is 0.493 e. The molecule has 0 radical (unpaired) electrons. The van der Waals surface area contributed by atoms with Crippen molar-refractivity contribution in [2.75, 3.05) is 14.2 Å². The SMILES string of the molecule is C=Cc1ccc(-c2nc(C)n3c2-c2cc(OC)c(OC)cc2CC3)cn1. The molecule has 1 aliphatic rings. The molecule has 132 valence electrons. The quantitative estimate of drug-likeness (QED) is 0.712. The van der Waals surface area contributed by atoms with Gasteiger partial charge in [0.25, 0.3) is 0 Å². The molecule has 3 aromatic rings. The fourth-order valence-electron chi connectivity index (χ4n) is 3.56. The summed E-state index contributed by atoms with van der Waals surface area (Å²) in [5.74, 6) is 2.49. The summed E-state index contributed by atoms with van der Waals surface area (Å²) in [6.45, 7) is 6.71. The zero-order valence-corrected chi connectivity index (χ0v) is 15.2. The maximum Gasteiger partial charge on any atom is 0.161 e. The standard InChI is InChI=1S/C21H21N3O2/c1-5-16-7-6-15(12-22-16)20-21-17-11-19(26-4)18(25-3)10-14(17)8-9-24(21)13(2)23-20/h5-7,10-12H,1,8-9H2,2-4H3. The third-order valence-electron chi connectivity index (χ3n) is 4.90. The lowest BCUT2D eigenvalue weighted by molar-refractivity contribution is 0.354. The van der Waals surface area contributed by atoms with Crippen molar-refractivity contribution < 1.29 is 9.47 Å². The highest BCUT2D eigenvalue weighted by Crippen LogP contribution is 2.42. The van der Waals surface area contributed by atoms with Gasteiger partial charge in [-0.05, 0) is 49.2 Å². The summed E-state index contributed by atoms with van der Waals surface area (Å²) in [7, 11) is 3.33. The smallest absolute Gasteiger partial charge is 0.161 e. The molecule has 0 aliphatic carbocycles. The van der Waals surface area contributed by atoms with Gasteiger partial charge in [0.2, 0.25) is 0 Å². The number of imidazole rings is 1. The molecular weight excluding hydrogens is 326 g/mol. The van der Waals surface area contributed by atoms with Crippen LogP contribution in [0.15, 0.2) is 37.0 Å². The lowest BCUT2D eigenvalue weighted by Crippen LogP contribution is -2.12. The maximum atomic E-state index is 5.52. The zero-order valence-electron chi connectivity index (χ0n) is 15.2.